The Morgan fingerprint density at radius 2 is 0.874 bits per heavy atom. The molecular weight excluding hydrogens is 1130 g/mol. The zero-order valence-corrected chi connectivity index (χ0v) is 46.4. The minimum Gasteiger partial charge on any atom is -0.494 e. The quantitative estimate of drug-likeness (QED) is 0.0732. The number of carbonyl (C=O) groups is 7. The Bertz CT molecular complexity index is 4260. The average molecular weight is 1180 g/mol. The minimum absolute atomic E-state index is 0.0865. The molecule has 87 heavy (non-hydrogen) atoms. The molecule has 0 radical (unpaired) electrons. The third-order valence-electron chi connectivity index (χ3n) is 14.9. The lowest BCUT2D eigenvalue weighted by molar-refractivity contribution is -0.137. The third-order valence-corrected chi connectivity index (χ3v) is 14.9. The number of hydrogen-bond acceptors (Lipinski definition) is 13. The summed E-state index contributed by atoms with van der Waals surface area (Å²) in [5.74, 6) is -2.85. The van der Waals surface area contributed by atoms with Crippen LogP contribution in [0.1, 0.15) is 57.4 Å². The van der Waals surface area contributed by atoms with Crippen LogP contribution in [0.25, 0.3) is 56.0 Å². The standard InChI is InChI=1S/C31H25F3N6O4.C31H26N6O6/c1-44-24-18-36-28(40-12-11-23(37-40)19-7-9-21(10-8-19)31(32,33)34)26-25(24)22(17-35-26)27(41)30(43)39-15-13-38(14-16-39)29(42)20-5-3-2-4-6-20;1-43-24-18-33-28(37-12-11-23(34-37)19-7-9-21(10-8-19)31(41)42)26-25(24)22(17-32-26)27(38)30(40)36-15-13-35(14-16-36)29(39)20-5-3-2-4-6-20/h2-12,17-18,35H,13-16H2,1H3;2-12,17-18,32H,13-16H2,1H3,(H,41,42). The SMILES string of the molecule is COc1cnc(-n2ccc(-c3ccc(C(=O)O)cc3)n2)c2[nH]cc(C(=O)C(=O)N3CCN(C(=O)c4ccccc4)CC3)c12.COc1cnc(-n2ccc(-c3ccc(C(F)(F)F)cc3)n2)c2[nH]cc(C(=O)C(=O)N3CCN(C(=O)c4ccccc4)CC3)c12. The van der Waals surface area contributed by atoms with Crippen LogP contribution >= 0.6 is 0 Å². The van der Waals surface area contributed by atoms with Crippen LogP contribution in [0.3, 0.4) is 0 Å². The van der Waals surface area contributed by atoms with Gasteiger partial charge in [0.25, 0.3) is 35.2 Å². The maximum absolute atomic E-state index is 13.5. The molecule has 0 spiro atoms. The van der Waals surface area contributed by atoms with Gasteiger partial charge in [-0.05, 0) is 60.7 Å². The molecule has 0 saturated carbocycles. The van der Waals surface area contributed by atoms with Crippen LogP contribution in [0.2, 0.25) is 0 Å². The number of methoxy groups -OCH3 is 2. The molecule has 10 aromatic rings. The van der Waals surface area contributed by atoms with Crippen LogP contribution < -0.4 is 9.47 Å². The number of aromatic amines is 2. The van der Waals surface area contributed by atoms with E-state index in [-0.39, 0.29) is 60.4 Å². The Labute approximate surface area is 492 Å². The number of halogens is 3. The first-order valence-corrected chi connectivity index (χ1v) is 27.1. The Hall–Kier alpha value is -11.2. The minimum atomic E-state index is -4.45. The summed E-state index contributed by atoms with van der Waals surface area (Å²) >= 11 is 0. The van der Waals surface area contributed by atoms with Crippen molar-refractivity contribution in [2.75, 3.05) is 66.6 Å². The van der Waals surface area contributed by atoms with Crippen LogP contribution in [0.15, 0.2) is 159 Å². The summed E-state index contributed by atoms with van der Waals surface area (Å²) in [6, 6.07) is 32.2. The Morgan fingerprint density at radius 3 is 1.24 bits per heavy atom. The maximum atomic E-state index is 13.5. The highest BCUT2D eigenvalue weighted by atomic mass is 19.4. The molecule has 2 aliphatic rings. The second-order valence-electron chi connectivity index (χ2n) is 20.0. The number of aromatic carboxylic acids is 1. The van der Waals surface area contributed by atoms with Gasteiger partial charge in [0.2, 0.25) is 0 Å². The average Bonchev–Trinajstić information content (AvgIpc) is 1.89. The molecule has 0 unspecified atom stereocenters. The number of ether oxygens (including phenoxy) is 2. The topological polar surface area (TPSA) is 264 Å². The fraction of sp³-hybridized carbons (Fsp3) is 0.177. The van der Waals surface area contributed by atoms with E-state index in [4.69, 9.17) is 14.6 Å². The predicted octanol–water partition coefficient (Wildman–Crippen LogP) is 7.90. The number of Topliss-reactive ketones (excluding diaryl/α,β-unsaturated/α-hetero) is 2. The number of fused-ring (bicyclic) bond motifs is 2. The number of carboxylic acid groups (broad SMARTS) is 1. The number of aromatic nitrogens is 8. The van der Waals surface area contributed by atoms with Crippen LogP contribution in [-0.4, -0.2) is 172 Å². The fourth-order valence-corrected chi connectivity index (χ4v) is 10.3. The summed E-state index contributed by atoms with van der Waals surface area (Å²) in [4.78, 5) is 112. The fourth-order valence-electron chi connectivity index (χ4n) is 10.3. The van der Waals surface area contributed by atoms with Gasteiger partial charge in [0.1, 0.15) is 11.5 Å². The molecule has 440 valence electrons. The first-order valence-electron chi connectivity index (χ1n) is 27.1. The molecule has 2 aliphatic heterocycles. The molecule has 12 rings (SSSR count). The number of benzene rings is 4. The first kappa shape index (κ1) is 57.6. The maximum Gasteiger partial charge on any atom is 0.416 e. The molecule has 4 aromatic carbocycles. The van der Waals surface area contributed by atoms with E-state index >= 15 is 0 Å². The molecule has 25 heteroatoms. The number of piperazine rings is 2. The molecule has 0 atom stereocenters. The molecule has 3 N–H and O–H groups in total. The lowest BCUT2D eigenvalue weighted by Gasteiger charge is -2.34. The van der Waals surface area contributed by atoms with Crippen LogP contribution in [0.4, 0.5) is 13.2 Å². The van der Waals surface area contributed by atoms with Crippen LogP contribution in [0.5, 0.6) is 11.5 Å². The molecular formula is C62H51F3N12O10. The van der Waals surface area contributed by atoms with Crippen molar-refractivity contribution in [1.29, 1.82) is 0 Å². The van der Waals surface area contributed by atoms with E-state index in [1.807, 2.05) is 12.1 Å². The van der Waals surface area contributed by atoms with Crippen molar-refractivity contribution in [3.8, 4) is 45.6 Å². The Morgan fingerprint density at radius 1 is 0.494 bits per heavy atom. The molecule has 2 saturated heterocycles. The highest BCUT2D eigenvalue weighted by Crippen LogP contribution is 2.35. The van der Waals surface area contributed by atoms with Gasteiger partial charge in [-0.1, -0.05) is 60.7 Å². The van der Waals surface area contributed by atoms with Crippen LogP contribution in [-0.2, 0) is 15.8 Å². The molecule has 22 nitrogen and oxygen atoms in total. The van der Waals surface area contributed by atoms with E-state index < -0.39 is 41.1 Å². The van der Waals surface area contributed by atoms with E-state index in [2.05, 4.69) is 30.1 Å². The number of H-pyrrole nitrogens is 2. The van der Waals surface area contributed by atoms with Gasteiger partial charge in [-0.25, -0.2) is 24.1 Å². The summed E-state index contributed by atoms with van der Waals surface area (Å²) in [6.07, 6.45) is 4.57. The number of carbonyl (C=O) groups excluding carboxylic acids is 6. The van der Waals surface area contributed by atoms with Crippen LogP contribution in [0, 0.1) is 0 Å². The normalized spacial score (nSPS) is 13.5. The van der Waals surface area contributed by atoms with Gasteiger partial charge in [0.05, 0.1) is 82.1 Å². The van der Waals surface area contributed by atoms with Crippen molar-refractivity contribution in [1.82, 2.24) is 59.1 Å². The second-order valence-corrected chi connectivity index (χ2v) is 20.0. The highest BCUT2D eigenvalue weighted by molar-refractivity contribution is 6.46. The number of ketones is 2. The number of alkyl halides is 3. The van der Waals surface area contributed by atoms with Crippen molar-refractivity contribution in [2.24, 2.45) is 0 Å². The van der Waals surface area contributed by atoms with Crippen molar-refractivity contribution in [3.63, 3.8) is 0 Å². The van der Waals surface area contributed by atoms with Gasteiger partial charge < -0.3 is 44.1 Å². The Balaban J connectivity index is 0.000000180. The van der Waals surface area contributed by atoms with Crippen molar-refractivity contribution >= 4 is 63.0 Å². The number of rotatable bonds is 13. The largest absolute Gasteiger partial charge is 0.494 e. The zero-order chi connectivity index (χ0) is 61.1. The van der Waals surface area contributed by atoms with Crippen molar-refractivity contribution < 1.29 is 61.3 Å². The van der Waals surface area contributed by atoms with Gasteiger partial charge in [-0.15, -0.1) is 0 Å². The number of amides is 4. The number of carboxylic acids is 1. The number of pyridine rings is 2. The third kappa shape index (κ3) is 11.6. The predicted molar refractivity (Wildman–Crippen MR) is 309 cm³/mol. The molecule has 6 aromatic heterocycles. The monoisotopic (exact) mass is 1180 g/mol. The van der Waals surface area contributed by atoms with E-state index in [9.17, 15) is 46.7 Å². The highest BCUT2D eigenvalue weighted by Gasteiger charge is 2.34. The molecule has 0 aliphatic carbocycles. The van der Waals surface area contributed by atoms with Gasteiger partial charge in [0.15, 0.2) is 11.6 Å². The van der Waals surface area contributed by atoms with Crippen molar-refractivity contribution in [3.05, 3.63) is 192 Å². The zero-order valence-electron chi connectivity index (χ0n) is 46.4. The summed E-state index contributed by atoms with van der Waals surface area (Å²) in [7, 11) is 2.87. The number of hydrogen-bond donors (Lipinski definition) is 3. The molecule has 4 amide bonds. The van der Waals surface area contributed by atoms with E-state index in [1.165, 1.54) is 82.4 Å². The van der Waals surface area contributed by atoms with Gasteiger partial charge in [-0.2, -0.15) is 23.4 Å². The number of nitrogens with one attached hydrogen (secondary N) is 2. The summed E-state index contributed by atoms with van der Waals surface area (Å²) < 4.78 is 52.8. The second kappa shape index (κ2) is 24.2. The van der Waals surface area contributed by atoms with Gasteiger partial charge >= 0.3 is 12.1 Å². The summed E-state index contributed by atoms with van der Waals surface area (Å²) in [5, 5.41) is 19.0. The molecule has 2 fully saturated rings. The summed E-state index contributed by atoms with van der Waals surface area (Å²) in [5.41, 5.74) is 3.78. The number of nitrogens with zero attached hydrogens (tertiary/aromatic N) is 10. The smallest absolute Gasteiger partial charge is 0.416 e. The van der Waals surface area contributed by atoms with E-state index in [1.54, 1.807) is 95.0 Å². The van der Waals surface area contributed by atoms with Gasteiger partial charge in [-0.3, -0.25) is 28.8 Å². The lowest BCUT2D eigenvalue weighted by atomic mass is 10.1. The summed E-state index contributed by atoms with van der Waals surface area (Å²) in [6.45, 7) is 2.09. The Kier molecular flexibility index (Phi) is 16.0. The first-order chi connectivity index (χ1) is 42.0. The van der Waals surface area contributed by atoms with E-state index in [0.717, 1.165) is 12.1 Å². The molecule has 0 bridgehead atoms. The van der Waals surface area contributed by atoms with Crippen molar-refractivity contribution in [2.45, 2.75) is 6.18 Å². The van der Waals surface area contributed by atoms with Gasteiger partial charge in [0, 0.05) is 99.4 Å². The molecule has 8 heterocycles. The lowest BCUT2D eigenvalue weighted by Crippen LogP contribution is -2.52. The van der Waals surface area contributed by atoms with E-state index in [0.29, 0.717) is 99.0 Å².